The molecule has 0 radical (unpaired) electrons. The first-order chi connectivity index (χ1) is 36.1. The summed E-state index contributed by atoms with van der Waals surface area (Å²) in [6.45, 7) is 2.83. The van der Waals surface area contributed by atoms with Gasteiger partial charge in [-0.15, -0.1) is 0 Å². The van der Waals surface area contributed by atoms with E-state index < -0.39 is 112 Å². The molecule has 0 bridgehead atoms. The van der Waals surface area contributed by atoms with E-state index in [0.717, 1.165) is 51.4 Å². The molecule has 1 aliphatic heterocycles. The molecule has 1 aliphatic carbocycles. The maximum absolute atomic E-state index is 13.6. The van der Waals surface area contributed by atoms with Crippen molar-refractivity contribution >= 4 is 13.7 Å². The van der Waals surface area contributed by atoms with Crippen LogP contribution >= 0.6 is 7.82 Å². The van der Waals surface area contributed by atoms with E-state index in [1.807, 2.05) is 0 Å². The standard InChI is InChI=1S/C56H111N2O16P/c1-3-5-7-9-11-13-15-17-18-19-20-21-22-23-24-25-26-27-29-31-33-35-37-39-45(61)58-42(47(62)43(60)38-36-34-32-30-28-16-14-12-10-8-6-4-2)41-71-75(69,70)74-55-53(68)51(66)50(65)52(67)54(55)73-56-46(57)49(64)48(63)44(40-59)72-56/h42-44,46-56,59-60,62-68H,3-41,57H2,1-2H3,(H,58,61)(H,69,70)/t42-,43+,44?,46-,47-,48+,49?,50?,51+,52?,53?,54?,55+,56+/m0/s1. The topological polar surface area (TPSA) is 311 Å². The summed E-state index contributed by atoms with van der Waals surface area (Å²) in [7, 11) is -5.38. The average Bonchev–Trinajstić information content (AvgIpc) is 3.39. The fraction of sp³-hybridized carbons (Fsp3) is 0.982. The summed E-state index contributed by atoms with van der Waals surface area (Å²) >= 11 is 0. The van der Waals surface area contributed by atoms with E-state index in [1.54, 1.807) is 0 Å². The Morgan fingerprint density at radius 3 is 1.32 bits per heavy atom. The van der Waals surface area contributed by atoms with Crippen LogP contribution in [0.25, 0.3) is 0 Å². The molecule has 7 unspecified atom stereocenters. The molecular weight excluding hydrogens is 988 g/mol. The first-order valence-electron chi connectivity index (χ1n) is 30.2. The molecule has 13 N–H and O–H groups in total. The van der Waals surface area contributed by atoms with Crippen molar-refractivity contribution in [3.63, 3.8) is 0 Å². The number of ether oxygens (including phenoxy) is 2. The molecule has 1 saturated heterocycles. The summed E-state index contributed by atoms with van der Waals surface area (Å²) < 4.78 is 35.2. The highest BCUT2D eigenvalue weighted by molar-refractivity contribution is 7.47. The Bertz CT molecular complexity index is 1430. The minimum Gasteiger partial charge on any atom is -0.394 e. The van der Waals surface area contributed by atoms with Crippen LogP contribution < -0.4 is 11.1 Å². The third-order valence-corrected chi connectivity index (χ3v) is 16.4. The molecule has 0 aromatic carbocycles. The molecule has 2 aliphatic rings. The number of hydrogen-bond donors (Lipinski definition) is 12. The molecule has 0 spiro atoms. The predicted molar refractivity (Wildman–Crippen MR) is 291 cm³/mol. The summed E-state index contributed by atoms with van der Waals surface area (Å²) in [4.78, 5) is 24.3. The number of amides is 1. The summed E-state index contributed by atoms with van der Waals surface area (Å²) in [5.41, 5.74) is 5.98. The van der Waals surface area contributed by atoms with Crippen molar-refractivity contribution < 1.29 is 78.7 Å². The Morgan fingerprint density at radius 2 is 0.920 bits per heavy atom. The minimum atomic E-state index is -5.38. The Hall–Kier alpha value is -0.900. The number of phosphoric acid groups is 1. The van der Waals surface area contributed by atoms with Crippen molar-refractivity contribution in [1.29, 1.82) is 0 Å². The molecule has 0 aromatic heterocycles. The number of aliphatic hydroxyl groups is 9. The van der Waals surface area contributed by atoms with Crippen LogP contribution in [0, 0.1) is 0 Å². The Kier molecular flexibility index (Phi) is 40.2. The number of aliphatic hydroxyl groups excluding tert-OH is 9. The van der Waals surface area contributed by atoms with Gasteiger partial charge in [0.05, 0.1) is 31.4 Å². The largest absolute Gasteiger partial charge is 0.472 e. The average molecular weight is 1100 g/mol. The zero-order valence-electron chi connectivity index (χ0n) is 46.6. The fourth-order valence-electron chi connectivity index (χ4n) is 10.4. The van der Waals surface area contributed by atoms with E-state index in [2.05, 4.69) is 19.2 Å². The number of nitrogens with two attached hydrogens (primary N) is 1. The summed E-state index contributed by atoms with van der Waals surface area (Å²) in [5, 5.41) is 98.3. The molecule has 15 atom stereocenters. The fourth-order valence-corrected chi connectivity index (χ4v) is 11.4. The highest BCUT2D eigenvalue weighted by Gasteiger charge is 2.55. The molecule has 2 fully saturated rings. The van der Waals surface area contributed by atoms with Crippen LogP contribution in [-0.4, -0.2) is 155 Å². The lowest BCUT2D eigenvalue weighted by atomic mass is 9.84. The van der Waals surface area contributed by atoms with E-state index >= 15 is 0 Å². The quantitative estimate of drug-likeness (QED) is 0.0204. The van der Waals surface area contributed by atoms with Gasteiger partial charge in [-0.1, -0.05) is 232 Å². The van der Waals surface area contributed by atoms with Gasteiger partial charge in [0.1, 0.15) is 61.0 Å². The zero-order chi connectivity index (χ0) is 55.3. The zero-order valence-corrected chi connectivity index (χ0v) is 47.5. The number of unbranched alkanes of at least 4 members (excludes halogenated alkanes) is 33. The van der Waals surface area contributed by atoms with Gasteiger partial charge in [0, 0.05) is 6.42 Å². The second-order valence-electron chi connectivity index (χ2n) is 22.1. The molecule has 1 saturated carbocycles. The normalized spacial score (nSPS) is 27.2. The van der Waals surface area contributed by atoms with E-state index in [4.69, 9.17) is 24.3 Å². The molecule has 1 heterocycles. The van der Waals surface area contributed by atoms with E-state index in [0.29, 0.717) is 12.8 Å². The number of nitrogens with one attached hydrogen (secondary N) is 1. The van der Waals surface area contributed by atoms with Gasteiger partial charge >= 0.3 is 7.82 Å². The molecule has 446 valence electrons. The number of carbonyl (C=O) groups excluding carboxylic acids is 1. The maximum Gasteiger partial charge on any atom is 0.472 e. The van der Waals surface area contributed by atoms with Gasteiger partial charge in [-0.05, 0) is 12.8 Å². The second kappa shape index (κ2) is 42.9. The number of hydrogen-bond acceptors (Lipinski definition) is 16. The third-order valence-electron chi connectivity index (χ3n) is 15.5. The van der Waals surface area contributed by atoms with Gasteiger partial charge in [0.15, 0.2) is 6.29 Å². The number of carbonyl (C=O) groups is 1. The van der Waals surface area contributed by atoms with Crippen LogP contribution in [0.5, 0.6) is 0 Å². The maximum atomic E-state index is 13.6. The van der Waals surface area contributed by atoms with Crippen LogP contribution in [0.1, 0.15) is 251 Å². The summed E-state index contributed by atoms with van der Waals surface area (Å²) in [6.07, 6.45) is 20.3. The first-order valence-corrected chi connectivity index (χ1v) is 31.7. The van der Waals surface area contributed by atoms with Crippen molar-refractivity contribution in [2.45, 2.75) is 337 Å². The van der Waals surface area contributed by atoms with Crippen molar-refractivity contribution in [3.8, 4) is 0 Å². The first kappa shape index (κ1) is 70.2. The van der Waals surface area contributed by atoms with E-state index in [9.17, 15) is 60.2 Å². The molecule has 19 heteroatoms. The number of phosphoric ester groups is 1. The lowest BCUT2D eigenvalue weighted by Crippen LogP contribution is -2.68. The van der Waals surface area contributed by atoms with Crippen molar-refractivity contribution in [2.75, 3.05) is 13.2 Å². The summed E-state index contributed by atoms with van der Waals surface area (Å²) in [5.74, 6) is -0.467. The smallest absolute Gasteiger partial charge is 0.394 e. The van der Waals surface area contributed by atoms with Crippen molar-refractivity contribution in [3.05, 3.63) is 0 Å². The van der Waals surface area contributed by atoms with Gasteiger partial charge in [0.2, 0.25) is 5.91 Å². The predicted octanol–water partition coefficient (Wildman–Crippen LogP) is 7.78. The highest BCUT2D eigenvalue weighted by atomic mass is 31.2. The molecule has 1 amide bonds. The molecule has 75 heavy (non-hydrogen) atoms. The summed E-state index contributed by atoms with van der Waals surface area (Å²) in [6, 6.07) is -2.92. The van der Waals surface area contributed by atoms with Gasteiger partial charge in [-0.25, -0.2) is 4.57 Å². The second-order valence-corrected chi connectivity index (χ2v) is 23.5. The third kappa shape index (κ3) is 29.9. The number of rotatable bonds is 48. The molecule has 0 aromatic rings. The molecular formula is C56H111N2O16P. The minimum absolute atomic E-state index is 0.101. The molecule has 18 nitrogen and oxygen atoms in total. The van der Waals surface area contributed by atoms with Gasteiger partial charge < -0.3 is 71.4 Å². The van der Waals surface area contributed by atoms with Crippen LogP contribution in [0.4, 0.5) is 0 Å². The van der Waals surface area contributed by atoms with E-state index in [-0.39, 0.29) is 12.8 Å². The Balaban J connectivity index is 1.86. The lowest BCUT2D eigenvalue weighted by molar-refractivity contribution is -0.315. The van der Waals surface area contributed by atoms with E-state index in [1.165, 1.54) is 161 Å². The van der Waals surface area contributed by atoms with Crippen LogP contribution in [0.2, 0.25) is 0 Å². The lowest BCUT2D eigenvalue weighted by Gasteiger charge is -2.47. The van der Waals surface area contributed by atoms with Gasteiger partial charge in [-0.2, -0.15) is 0 Å². The monoisotopic (exact) mass is 1100 g/mol. The van der Waals surface area contributed by atoms with Crippen molar-refractivity contribution in [1.82, 2.24) is 5.32 Å². The Morgan fingerprint density at radius 1 is 0.547 bits per heavy atom. The van der Waals surface area contributed by atoms with Crippen LogP contribution in [0.15, 0.2) is 0 Å². The highest BCUT2D eigenvalue weighted by Crippen LogP contribution is 2.48. The van der Waals surface area contributed by atoms with Crippen molar-refractivity contribution in [2.24, 2.45) is 5.73 Å². The molecule has 2 rings (SSSR count). The Labute approximate surface area is 452 Å². The van der Waals surface area contributed by atoms with Crippen LogP contribution in [0.3, 0.4) is 0 Å². The van der Waals surface area contributed by atoms with Gasteiger partial charge in [0.25, 0.3) is 0 Å². The van der Waals surface area contributed by atoms with Gasteiger partial charge in [-0.3, -0.25) is 13.8 Å². The van der Waals surface area contributed by atoms with Crippen LogP contribution in [-0.2, 0) is 27.9 Å². The SMILES string of the molecule is CCCCCCCCCCCCCCCCCCCCCCCCCC(=O)N[C@@H](COP(=O)(O)O[C@H]1C(O[C@H]2OC(CO)[C@@H](O)C(O)[C@@H]2N)C(O)C(O)[C@@H](O)C1O)[C@H](O)[C@H](O)CCCCCCCCCCCCCC.